The van der Waals surface area contributed by atoms with Crippen LogP contribution in [0.25, 0.3) is 0 Å². The van der Waals surface area contributed by atoms with Crippen LogP contribution in [-0.2, 0) is 10.2 Å². The van der Waals surface area contributed by atoms with E-state index in [0.717, 1.165) is 31.6 Å². The lowest BCUT2D eigenvalue weighted by Crippen LogP contribution is -2.34. The Labute approximate surface area is 210 Å². The van der Waals surface area contributed by atoms with Gasteiger partial charge in [-0.15, -0.1) is 0 Å². The number of carbonyl (C=O) groups excluding carboxylic acids is 1. The molecule has 1 fully saturated rings. The van der Waals surface area contributed by atoms with E-state index in [1.165, 1.54) is 12.8 Å². The van der Waals surface area contributed by atoms with Gasteiger partial charge >= 0.3 is 0 Å². The average Bonchev–Trinajstić information content (AvgIpc) is 3.33. The molecule has 1 aromatic heterocycles. The van der Waals surface area contributed by atoms with E-state index in [4.69, 9.17) is 39.4 Å². The number of carbonyl (C=O) groups is 1. The number of hydrogen-bond acceptors (Lipinski definition) is 5. The number of pyridine rings is 1. The molecule has 2 aliphatic rings. The normalized spacial score (nSPS) is 21.3. The zero-order valence-corrected chi connectivity index (χ0v) is 20.8. The Hall–Kier alpha value is -2.54. The molecule has 0 saturated carbocycles. The fourth-order valence-corrected chi connectivity index (χ4v) is 5.53. The summed E-state index contributed by atoms with van der Waals surface area (Å²) in [5.74, 6) is 0.320. The molecule has 0 bridgehead atoms. The van der Waals surface area contributed by atoms with Crippen LogP contribution in [0, 0.1) is 0 Å². The second-order valence-electron chi connectivity index (χ2n) is 9.05. The molecule has 0 radical (unpaired) electrons. The highest BCUT2D eigenvalue weighted by Gasteiger charge is 2.35. The molecule has 4 N–H and O–H groups in total. The van der Waals surface area contributed by atoms with Gasteiger partial charge in [-0.1, -0.05) is 47.5 Å². The molecular formula is C26H30Cl2N4O2. The maximum Gasteiger partial charge on any atom is 0.244 e. The first-order valence-corrected chi connectivity index (χ1v) is 12.3. The third-order valence-corrected chi connectivity index (χ3v) is 7.43. The number of amides is 1. The molecule has 1 aliphatic heterocycles. The van der Waals surface area contributed by atoms with Gasteiger partial charge < -0.3 is 21.1 Å². The zero-order chi connectivity index (χ0) is 24.3. The predicted octanol–water partition coefficient (Wildman–Crippen LogP) is 5.21. The number of hydrogen-bond donors (Lipinski definition) is 2. The number of nitrogens with zero attached hydrogens (tertiary/aromatic N) is 2. The van der Waals surface area contributed by atoms with Crippen molar-refractivity contribution in [1.82, 2.24) is 9.88 Å². The SMILES string of the molecule is CC(Oc1cc(C2(CCN3CCCC3)C=CC=C(C(N)=O)C2)cnc1N)c1c(Cl)cccc1Cl. The van der Waals surface area contributed by atoms with E-state index in [-0.39, 0.29) is 5.82 Å². The molecule has 1 saturated heterocycles. The van der Waals surface area contributed by atoms with E-state index in [0.29, 0.717) is 33.4 Å². The van der Waals surface area contributed by atoms with E-state index in [2.05, 4.69) is 16.0 Å². The Morgan fingerprint density at radius 2 is 1.97 bits per heavy atom. The van der Waals surface area contributed by atoms with Gasteiger partial charge in [-0.05, 0) is 76.0 Å². The van der Waals surface area contributed by atoms with Gasteiger partial charge in [0.1, 0.15) is 6.10 Å². The van der Waals surface area contributed by atoms with Gasteiger partial charge in [0.2, 0.25) is 5.91 Å². The van der Waals surface area contributed by atoms with Gasteiger partial charge in [0.25, 0.3) is 0 Å². The number of likely N-dealkylation sites (tertiary alicyclic amines) is 1. The summed E-state index contributed by atoms with van der Waals surface area (Å²) in [5, 5.41) is 1.05. The topological polar surface area (TPSA) is 94.5 Å². The number of allylic oxidation sites excluding steroid dienone is 3. The first kappa shape index (κ1) is 24.6. The van der Waals surface area contributed by atoms with Gasteiger partial charge in [0, 0.05) is 32.8 Å². The number of benzene rings is 1. The van der Waals surface area contributed by atoms with Crippen LogP contribution in [0.1, 0.15) is 49.8 Å². The molecule has 180 valence electrons. The van der Waals surface area contributed by atoms with Crippen molar-refractivity contribution in [2.24, 2.45) is 5.73 Å². The van der Waals surface area contributed by atoms with Crippen LogP contribution in [0.15, 0.2) is 54.3 Å². The fraction of sp³-hybridized carbons (Fsp3) is 0.385. The number of anilines is 1. The van der Waals surface area contributed by atoms with Crippen molar-refractivity contribution >= 4 is 34.9 Å². The first-order valence-electron chi connectivity index (χ1n) is 11.6. The summed E-state index contributed by atoms with van der Waals surface area (Å²) in [6.07, 6.45) is 10.9. The van der Waals surface area contributed by atoms with E-state index < -0.39 is 17.4 Å². The molecule has 8 heteroatoms. The minimum atomic E-state index is -0.441. The number of nitrogens with two attached hydrogens (primary N) is 2. The standard InChI is InChI=1S/C26H30Cl2N4O2/c1-17(23-20(27)7-4-8-21(23)28)34-22-14-19(16-31-24(22)29)26(10-13-32-11-2-3-12-32)9-5-6-18(15-26)25(30)33/h4-9,14,16-17H,2-3,10-13,15H2,1H3,(H2,29,31)(H2,30,33). The minimum Gasteiger partial charge on any atom is -0.482 e. The molecule has 0 spiro atoms. The number of rotatable bonds is 8. The van der Waals surface area contributed by atoms with Crippen molar-refractivity contribution in [1.29, 1.82) is 0 Å². The molecule has 1 aliphatic carbocycles. The molecule has 2 unspecified atom stereocenters. The van der Waals surface area contributed by atoms with Gasteiger partial charge in [-0.3, -0.25) is 4.79 Å². The summed E-state index contributed by atoms with van der Waals surface area (Å²) in [7, 11) is 0. The Morgan fingerprint density at radius 3 is 2.65 bits per heavy atom. The number of nitrogen functional groups attached to an aromatic ring is 1. The summed E-state index contributed by atoms with van der Waals surface area (Å²) in [4.78, 5) is 18.9. The molecule has 2 aromatic rings. The van der Waals surface area contributed by atoms with Crippen molar-refractivity contribution in [3.63, 3.8) is 0 Å². The highest BCUT2D eigenvalue weighted by atomic mass is 35.5. The maximum absolute atomic E-state index is 12.0. The molecule has 4 rings (SSSR count). The highest BCUT2D eigenvalue weighted by Crippen LogP contribution is 2.42. The number of aromatic nitrogens is 1. The first-order chi connectivity index (χ1) is 16.3. The van der Waals surface area contributed by atoms with E-state index in [1.807, 2.05) is 19.1 Å². The van der Waals surface area contributed by atoms with Crippen LogP contribution >= 0.6 is 23.2 Å². The lowest BCUT2D eigenvalue weighted by molar-refractivity contribution is -0.114. The molecule has 1 aromatic carbocycles. The highest BCUT2D eigenvalue weighted by molar-refractivity contribution is 6.36. The molecule has 2 atom stereocenters. The molecule has 34 heavy (non-hydrogen) atoms. The van der Waals surface area contributed by atoms with E-state index in [9.17, 15) is 4.79 Å². The van der Waals surface area contributed by atoms with Gasteiger partial charge in [-0.2, -0.15) is 0 Å². The van der Waals surface area contributed by atoms with E-state index in [1.54, 1.807) is 30.5 Å². The summed E-state index contributed by atoms with van der Waals surface area (Å²) < 4.78 is 6.22. The van der Waals surface area contributed by atoms with Crippen LogP contribution in [0.2, 0.25) is 10.0 Å². The largest absolute Gasteiger partial charge is 0.482 e. The van der Waals surface area contributed by atoms with Crippen LogP contribution < -0.4 is 16.2 Å². The van der Waals surface area contributed by atoms with Crippen LogP contribution in [0.4, 0.5) is 5.82 Å². The van der Waals surface area contributed by atoms with Crippen molar-refractivity contribution < 1.29 is 9.53 Å². The Morgan fingerprint density at radius 1 is 1.26 bits per heavy atom. The minimum absolute atomic E-state index is 0.277. The number of ether oxygens (including phenoxy) is 1. The maximum atomic E-state index is 12.0. The third-order valence-electron chi connectivity index (χ3n) is 6.77. The van der Waals surface area contributed by atoms with Gasteiger partial charge in [0.15, 0.2) is 11.6 Å². The summed E-state index contributed by atoms with van der Waals surface area (Å²) >= 11 is 12.8. The molecule has 1 amide bonds. The average molecular weight is 501 g/mol. The van der Waals surface area contributed by atoms with Gasteiger partial charge in [0.05, 0.1) is 0 Å². The lowest BCUT2D eigenvalue weighted by atomic mass is 9.71. The molecule has 6 nitrogen and oxygen atoms in total. The summed E-state index contributed by atoms with van der Waals surface area (Å²) in [6, 6.07) is 7.26. The Balaban J connectivity index is 1.65. The van der Waals surface area contributed by atoms with Crippen LogP contribution in [0.3, 0.4) is 0 Å². The van der Waals surface area contributed by atoms with Crippen molar-refractivity contribution in [3.05, 3.63) is 75.4 Å². The summed E-state index contributed by atoms with van der Waals surface area (Å²) in [6.45, 7) is 4.99. The third kappa shape index (κ3) is 5.24. The number of halogens is 2. The smallest absolute Gasteiger partial charge is 0.244 e. The zero-order valence-electron chi connectivity index (χ0n) is 19.3. The molecular weight excluding hydrogens is 471 g/mol. The lowest BCUT2D eigenvalue weighted by Gasteiger charge is -2.35. The van der Waals surface area contributed by atoms with Gasteiger partial charge in [-0.25, -0.2) is 4.98 Å². The Kier molecular flexibility index (Phi) is 7.51. The molecule has 2 heterocycles. The summed E-state index contributed by atoms with van der Waals surface area (Å²) in [5.41, 5.74) is 13.6. The predicted molar refractivity (Wildman–Crippen MR) is 137 cm³/mol. The second-order valence-corrected chi connectivity index (χ2v) is 9.86. The van der Waals surface area contributed by atoms with Crippen LogP contribution in [-0.4, -0.2) is 35.4 Å². The van der Waals surface area contributed by atoms with Crippen LogP contribution in [0.5, 0.6) is 5.75 Å². The quantitative estimate of drug-likeness (QED) is 0.518. The second kappa shape index (κ2) is 10.4. The van der Waals surface area contributed by atoms with Crippen molar-refractivity contribution in [2.45, 2.75) is 44.1 Å². The number of primary amides is 1. The van der Waals surface area contributed by atoms with E-state index >= 15 is 0 Å². The Bertz CT molecular complexity index is 1110. The fourth-order valence-electron chi connectivity index (χ4n) is 4.82. The van der Waals surface area contributed by atoms with Crippen molar-refractivity contribution in [2.75, 3.05) is 25.4 Å². The monoisotopic (exact) mass is 500 g/mol. The van der Waals surface area contributed by atoms with Crippen molar-refractivity contribution in [3.8, 4) is 5.75 Å².